The first-order chi connectivity index (χ1) is 12.6. The Kier molecular flexibility index (Phi) is 4.42. The van der Waals surface area contributed by atoms with E-state index in [-0.39, 0.29) is 22.9 Å². The largest absolute Gasteiger partial charge is 0.352 e. The van der Waals surface area contributed by atoms with Crippen LogP contribution in [0.5, 0.6) is 0 Å². The van der Waals surface area contributed by atoms with Crippen LogP contribution in [0.15, 0.2) is 36.7 Å². The van der Waals surface area contributed by atoms with Crippen molar-refractivity contribution in [3.63, 3.8) is 0 Å². The first-order valence-corrected chi connectivity index (χ1v) is 8.62. The Morgan fingerprint density at radius 3 is 2.73 bits per heavy atom. The average Bonchev–Trinajstić information content (AvgIpc) is 3.12. The zero-order valence-electron chi connectivity index (χ0n) is 13.8. The third-order valence-corrected chi connectivity index (χ3v) is 4.85. The molecule has 0 bridgehead atoms. The van der Waals surface area contributed by atoms with E-state index < -0.39 is 5.82 Å². The predicted octanol–water partition coefficient (Wildman–Crippen LogP) is 1.81. The van der Waals surface area contributed by atoms with Crippen LogP contribution < -0.4 is 4.90 Å². The molecule has 2 aromatic heterocycles. The summed E-state index contributed by atoms with van der Waals surface area (Å²) in [4.78, 5) is 16.3. The van der Waals surface area contributed by atoms with Crippen LogP contribution in [0.3, 0.4) is 0 Å². The van der Waals surface area contributed by atoms with E-state index in [0.717, 1.165) is 5.82 Å². The maximum atomic E-state index is 13.9. The maximum absolute atomic E-state index is 13.9. The normalized spacial score (nSPS) is 14.8. The summed E-state index contributed by atoms with van der Waals surface area (Å²) in [5.41, 5.74) is 0.936. The summed E-state index contributed by atoms with van der Waals surface area (Å²) in [5, 5.41) is 12.5. The van der Waals surface area contributed by atoms with Crippen LogP contribution in [0, 0.1) is 5.82 Å². The minimum absolute atomic E-state index is 0.0313. The van der Waals surface area contributed by atoms with Gasteiger partial charge in [-0.3, -0.25) is 4.79 Å². The second-order valence-electron chi connectivity index (χ2n) is 6.07. The van der Waals surface area contributed by atoms with E-state index in [1.54, 1.807) is 21.8 Å². The van der Waals surface area contributed by atoms with Crippen molar-refractivity contribution < 1.29 is 9.18 Å². The molecule has 0 spiro atoms. The first-order valence-electron chi connectivity index (χ1n) is 8.24. The van der Waals surface area contributed by atoms with Gasteiger partial charge in [0.2, 0.25) is 5.91 Å². The lowest BCUT2D eigenvalue weighted by molar-refractivity contribution is -0.130. The highest BCUT2D eigenvalue weighted by atomic mass is 35.5. The minimum Gasteiger partial charge on any atom is -0.352 e. The third-order valence-electron chi connectivity index (χ3n) is 4.49. The zero-order valence-corrected chi connectivity index (χ0v) is 14.6. The molecule has 1 aliphatic heterocycles. The molecule has 0 unspecified atom stereocenters. The molecule has 1 aliphatic rings. The average molecular weight is 375 g/mol. The highest BCUT2D eigenvalue weighted by Gasteiger charge is 2.23. The van der Waals surface area contributed by atoms with E-state index in [0.29, 0.717) is 31.8 Å². The van der Waals surface area contributed by atoms with Crippen molar-refractivity contribution in [3.05, 3.63) is 53.1 Å². The molecule has 4 rings (SSSR count). The van der Waals surface area contributed by atoms with Gasteiger partial charge in [-0.05, 0) is 24.3 Å². The molecule has 0 N–H and O–H groups in total. The minimum atomic E-state index is -0.448. The Bertz CT molecular complexity index is 933. The van der Waals surface area contributed by atoms with Crippen molar-refractivity contribution in [3.8, 4) is 0 Å². The quantitative estimate of drug-likeness (QED) is 0.699. The standard InChI is InChI=1S/C17H16ClFN6O/c18-13-2-1-3-14(19)12(13)10-17(26)24-8-6-23(7-9-24)16-5-4-15-21-20-11-25(15)22-16/h1-5,11H,6-10H2. The Morgan fingerprint density at radius 1 is 1.15 bits per heavy atom. The van der Waals surface area contributed by atoms with Crippen LogP contribution >= 0.6 is 11.6 Å². The Morgan fingerprint density at radius 2 is 1.96 bits per heavy atom. The van der Waals surface area contributed by atoms with E-state index in [1.807, 2.05) is 12.1 Å². The second kappa shape index (κ2) is 6.87. The van der Waals surface area contributed by atoms with Crippen molar-refractivity contribution in [2.45, 2.75) is 6.42 Å². The second-order valence-corrected chi connectivity index (χ2v) is 6.48. The van der Waals surface area contributed by atoms with Gasteiger partial charge in [0.1, 0.15) is 18.0 Å². The van der Waals surface area contributed by atoms with Gasteiger partial charge >= 0.3 is 0 Å². The Balaban J connectivity index is 1.40. The summed E-state index contributed by atoms with van der Waals surface area (Å²) in [5.74, 6) is 0.233. The molecule has 0 saturated carbocycles. The van der Waals surface area contributed by atoms with Gasteiger partial charge in [0.25, 0.3) is 0 Å². The van der Waals surface area contributed by atoms with Gasteiger partial charge in [-0.2, -0.15) is 4.52 Å². The van der Waals surface area contributed by atoms with Crippen LogP contribution in [0.4, 0.5) is 10.2 Å². The van der Waals surface area contributed by atoms with Crippen LogP contribution in [0.2, 0.25) is 5.02 Å². The number of carbonyl (C=O) groups is 1. The molecule has 1 fully saturated rings. The molecule has 0 aliphatic carbocycles. The van der Waals surface area contributed by atoms with Gasteiger partial charge in [-0.25, -0.2) is 4.39 Å². The molecule has 134 valence electrons. The lowest BCUT2D eigenvalue weighted by atomic mass is 10.1. The molecule has 1 saturated heterocycles. The number of rotatable bonds is 3. The molecule has 26 heavy (non-hydrogen) atoms. The number of nitrogens with zero attached hydrogens (tertiary/aromatic N) is 6. The number of fused-ring (bicyclic) bond motifs is 1. The molecule has 1 amide bonds. The molecule has 7 nitrogen and oxygen atoms in total. The lowest BCUT2D eigenvalue weighted by Crippen LogP contribution is -2.49. The Labute approximate surface area is 154 Å². The number of piperazine rings is 1. The van der Waals surface area contributed by atoms with Gasteiger partial charge in [-0.15, -0.1) is 15.3 Å². The molecule has 3 aromatic rings. The number of aromatic nitrogens is 4. The van der Waals surface area contributed by atoms with E-state index in [1.165, 1.54) is 12.1 Å². The predicted molar refractivity (Wildman–Crippen MR) is 94.7 cm³/mol. The fourth-order valence-corrected chi connectivity index (χ4v) is 3.27. The maximum Gasteiger partial charge on any atom is 0.227 e. The molecule has 3 heterocycles. The van der Waals surface area contributed by atoms with E-state index in [9.17, 15) is 9.18 Å². The summed E-state index contributed by atoms with van der Waals surface area (Å²) in [6.45, 7) is 2.40. The number of anilines is 1. The fourth-order valence-electron chi connectivity index (χ4n) is 3.04. The Hall–Kier alpha value is -2.74. The molecule has 0 atom stereocenters. The van der Waals surface area contributed by atoms with Crippen LogP contribution in [0.1, 0.15) is 5.56 Å². The smallest absolute Gasteiger partial charge is 0.227 e. The number of halogens is 2. The van der Waals surface area contributed by atoms with Gasteiger partial charge in [-0.1, -0.05) is 17.7 Å². The molecule has 0 radical (unpaired) electrons. The van der Waals surface area contributed by atoms with Crippen molar-refractivity contribution in [1.82, 2.24) is 24.7 Å². The fraction of sp³-hybridized carbons (Fsp3) is 0.294. The van der Waals surface area contributed by atoms with E-state index >= 15 is 0 Å². The molecular weight excluding hydrogens is 359 g/mol. The summed E-state index contributed by atoms with van der Waals surface area (Å²) >= 11 is 6.01. The number of hydrogen-bond donors (Lipinski definition) is 0. The summed E-state index contributed by atoms with van der Waals surface area (Å²) in [6.07, 6.45) is 1.52. The van der Waals surface area contributed by atoms with Gasteiger partial charge in [0.15, 0.2) is 5.65 Å². The van der Waals surface area contributed by atoms with Gasteiger partial charge < -0.3 is 9.80 Å². The summed E-state index contributed by atoms with van der Waals surface area (Å²) < 4.78 is 15.5. The number of amides is 1. The molecule has 9 heteroatoms. The van der Waals surface area contributed by atoms with Crippen LogP contribution in [-0.4, -0.2) is 56.8 Å². The number of hydrogen-bond acceptors (Lipinski definition) is 5. The lowest BCUT2D eigenvalue weighted by Gasteiger charge is -2.35. The highest BCUT2D eigenvalue weighted by molar-refractivity contribution is 6.31. The molecular formula is C17H16ClFN6O. The van der Waals surface area contributed by atoms with E-state index in [2.05, 4.69) is 20.2 Å². The first kappa shape index (κ1) is 16.7. The van der Waals surface area contributed by atoms with Crippen molar-refractivity contribution in [1.29, 1.82) is 0 Å². The van der Waals surface area contributed by atoms with E-state index in [4.69, 9.17) is 11.6 Å². The number of benzene rings is 1. The van der Waals surface area contributed by atoms with Crippen LogP contribution in [-0.2, 0) is 11.2 Å². The number of carbonyl (C=O) groups excluding carboxylic acids is 1. The van der Waals surface area contributed by atoms with Crippen molar-refractivity contribution >= 4 is 29.0 Å². The van der Waals surface area contributed by atoms with Crippen molar-refractivity contribution in [2.24, 2.45) is 0 Å². The summed E-state index contributed by atoms with van der Waals surface area (Å²) in [6, 6.07) is 8.19. The van der Waals surface area contributed by atoms with Gasteiger partial charge in [0, 0.05) is 36.8 Å². The zero-order chi connectivity index (χ0) is 18.1. The third kappa shape index (κ3) is 3.20. The monoisotopic (exact) mass is 374 g/mol. The van der Waals surface area contributed by atoms with Gasteiger partial charge in [0.05, 0.1) is 6.42 Å². The SMILES string of the molecule is O=C(Cc1c(F)cccc1Cl)N1CCN(c2ccc3nncn3n2)CC1. The highest BCUT2D eigenvalue weighted by Crippen LogP contribution is 2.21. The molecule has 1 aromatic carbocycles. The topological polar surface area (TPSA) is 66.6 Å². The summed E-state index contributed by atoms with van der Waals surface area (Å²) in [7, 11) is 0. The van der Waals surface area contributed by atoms with Crippen molar-refractivity contribution in [2.75, 3.05) is 31.1 Å². The van der Waals surface area contributed by atoms with Crippen LogP contribution in [0.25, 0.3) is 5.65 Å².